The van der Waals surface area contributed by atoms with Gasteiger partial charge in [0.05, 0.1) is 0 Å². The Hall–Kier alpha value is -4.08. The Bertz CT molecular complexity index is 1250. The highest BCUT2D eigenvalue weighted by atomic mass is 16.6. The summed E-state index contributed by atoms with van der Waals surface area (Å²) >= 11 is 0. The van der Waals surface area contributed by atoms with Crippen molar-refractivity contribution in [1.82, 2.24) is 20.4 Å². The average Bonchev–Trinajstić information content (AvgIpc) is 3.68. The van der Waals surface area contributed by atoms with E-state index in [1.165, 1.54) is 0 Å². The molecule has 4 fully saturated rings. The number of likely N-dealkylation sites (tertiary alicyclic amines) is 2. The summed E-state index contributed by atoms with van der Waals surface area (Å²) in [6.45, 7) is 0.768. The van der Waals surface area contributed by atoms with Crippen LogP contribution < -0.4 is 10.6 Å². The van der Waals surface area contributed by atoms with E-state index in [1.807, 2.05) is 60.7 Å². The van der Waals surface area contributed by atoms with Crippen molar-refractivity contribution in [3.05, 3.63) is 71.8 Å². The van der Waals surface area contributed by atoms with Crippen LogP contribution in [0.5, 0.6) is 0 Å². The van der Waals surface area contributed by atoms with Crippen LogP contribution in [0.3, 0.4) is 0 Å². The molecule has 2 aromatic carbocycles. The van der Waals surface area contributed by atoms with Crippen LogP contribution in [-0.2, 0) is 32.3 Å². The van der Waals surface area contributed by atoms with Crippen molar-refractivity contribution in [1.29, 1.82) is 0 Å². The molecular formula is C36H46N4O6. The van der Waals surface area contributed by atoms with Crippen molar-refractivity contribution in [3.63, 3.8) is 0 Å². The molecule has 0 spiro atoms. The standard InChI is InChI=1S/C36H46N4O6/c41-33(31-21-27-15-7-9-17-29(27)39(31)35(43)45-23-25-11-3-1-4-12-25)37-19-20-38-34(42)32-22-28-16-8-10-18-30(28)40(32)36(44)46-24-26-13-5-2-6-14-26/h1-6,11-14,27-32H,7-10,15-24H2,(H,37,41)(H,38,42)/t27-,28-,29-,30-,31-,32-/m0/s1. The highest BCUT2D eigenvalue weighted by Crippen LogP contribution is 2.41. The minimum Gasteiger partial charge on any atom is -0.445 e. The van der Waals surface area contributed by atoms with Crippen LogP contribution >= 0.6 is 0 Å². The number of benzene rings is 2. The van der Waals surface area contributed by atoms with Crippen molar-refractivity contribution < 1.29 is 28.7 Å². The van der Waals surface area contributed by atoms with Crippen LogP contribution in [0.2, 0.25) is 0 Å². The van der Waals surface area contributed by atoms with Gasteiger partial charge in [-0.1, -0.05) is 86.3 Å². The quantitative estimate of drug-likeness (QED) is 0.370. The zero-order chi connectivity index (χ0) is 31.9. The Balaban J connectivity index is 1.02. The fourth-order valence-corrected chi connectivity index (χ4v) is 8.11. The Morgan fingerprint density at radius 2 is 0.978 bits per heavy atom. The summed E-state index contributed by atoms with van der Waals surface area (Å²) in [6, 6.07) is 17.9. The number of carbonyl (C=O) groups excluding carboxylic acids is 4. The molecule has 246 valence electrons. The molecule has 46 heavy (non-hydrogen) atoms. The minimum absolute atomic E-state index is 0.00556. The molecule has 2 heterocycles. The van der Waals surface area contributed by atoms with Gasteiger partial charge in [0.2, 0.25) is 11.8 Å². The molecule has 10 heteroatoms. The number of hydrogen-bond acceptors (Lipinski definition) is 6. The van der Waals surface area contributed by atoms with Crippen molar-refractivity contribution in [2.45, 2.75) is 102 Å². The number of amides is 4. The number of nitrogens with zero attached hydrogens (tertiary/aromatic N) is 2. The number of carbonyl (C=O) groups is 4. The first kappa shape index (κ1) is 31.9. The van der Waals surface area contributed by atoms with Crippen LogP contribution in [0.25, 0.3) is 0 Å². The minimum atomic E-state index is -0.597. The molecule has 2 saturated heterocycles. The van der Waals surface area contributed by atoms with Gasteiger partial charge in [-0.25, -0.2) is 9.59 Å². The number of hydrogen-bond donors (Lipinski definition) is 2. The van der Waals surface area contributed by atoms with E-state index in [0.717, 1.165) is 62.5 Å². The summed E-state index contributed by atoms with van der Waals surface area (Å²) in [4.78, 5) is 56.8. The lowest BCUT2D eigenvalue weighted by molar-refractivity contribution is -0.127. The van der Waals surface area contributed by atoms with Crippen molar-refractivity contribution in [2.24, 2.45) is 11.8 Å². The van der Waals surface area contributed by atoms with E-state index in [2.05, 4.69) is 10.6 Å². The number of nitrogens with one attached hydrogen (secondary N) is 2. The van der Waals surface area contributed by atoms with Crippen LogP contribution in [0.15, 0.2) is 60.7 Å². The van der Waals surface area contributed by atoms with E-state index in [9.17, 15) is 19.2 Å². The fraction of sp³-hybridized carbons (Fsp3) is 0.556. The van der Waals surface area contributed by atoms with Crippen molar-refractivity contribution in [3.8, 4) is 0 Å². The predicted octanol–water partition coefficient (Wildman–Crippen LogP) is 5.16. The van der Waals surface area contributed by atoms with E-state index in [1.54, 1.807) is 9.80 Å². The average molecular weight is 631 g/mol. The Morgan fingerprint density at radius 3 is 1.39 bits per heavy atom. The number of fused-ring (bicyclic) bond motifs is 2. The monoisotopic (exact) mass is 630 g/mol. The molecular weight excluding hydrogens is 584 g/mol. The molecule has 4 amide bonds. The van der Waals surface area contributed by atoms with Gasteiger partial charge in [0.25, 0.3) is 0 Å². The lowest BCUT2D eigenvalue weighted by Crippen LogP contribution is -2.52. The molecule has 2 aliphatic carbocycles. The highest BCUT2D eigenvalue weighted by molar-refractivity contribution is 5.88. The molecule has 0 radical (unpaired) electrons. The van der Waals surface area contributed by atoms with Gasteiger partial charge in [0.15, 0.2) is 0 Å². The normalized spacial score (nSPS) is 26.9. The van der Waals surface area contributed by atoms with E-state index in [0.29, 0.717) is 12.8 Å². The third-order valence-corrected chi connectivity index (χ3v) is 10.3. The smallest absolute Gasteiger partial charge is 0.411 e. The topological polar surface area (TPSA) is 117 Å². The molecule has 4 aliphatic rings. The van der Waals surface area contributed by atoms with Crippen LogP contribution in [-0.4, -0.2) is 71.1 Å². The molecule has 2 aromatic rings. The molecule has 2 N–H and O–H groups in total. The van der Waals surface area contributed by atoms with Gasteiger partial charge >= 0.3 is 12.2 Å². The molecule has 10 nitrogen and oxygen atoms in total. The van der Waals surface area contributed by atoms with E-state index >= 15 is 0 Å². The van der Waals surface area contributed by atoms with Crippen LogP contribution in [0.4, 0.5) is 9.59 Å². The van der Waals surface area contributed by atoms with Gasteiger partial charge < -0.3 is 20.1 Å². The summed E-state index contributed by atoms with van der Waals surface area (Å²) in [6.07, 6.45) is 8.36. The number of rotatable bonds is 9. The SMILES string of the molecule is O=C(NCCNC(=O)[C@@H]1C[C@@H]2CCCC[C@@H]2N1C(=O)OCc1ccccc1)[C@@H]1C[C@@H]2CCCC[C@@H]2N1C(=O)OCc1ccccc1. The Labute approximate surface area is 271 Å². The third-order valence-electron chi connectivity index (χ3n) is 10.3. The van der Waals surface area contributed by atoms with E-state index in [4.69, 9.17) is 9.47 Å². The molecule has 6 atom stereocenters. The van der Waals surface area contributed by atoms with Gasteiger partial charge in [-0.2, -0.15) is 0 Å². The molecule has 0 aromatic heterocycles. The molecule has 0 unspecified atom stereocenters. The van der Waals surface area contributed by atoms with Gasteiger partial charge in [0, 0.05) is 25.2 Å². The highest BCUT2D eigenvalue weighted by Gasteiger charge is 2.49. The first-order chi connectivity index (χ1) is 22.5. The number of ether oxygens (including phenoxy) is 2. The maximum Gasteiger partial charge on any atom is 0.411 e. The summed E-state index contributed by atoms with van der Waals surface area (Å²) in [5, 5.41) is 5.91. The van der Waals surface area contributed by atoms with E-state index < -0.39 is 24.3 Å². The summed E-state index contributed by atoms with van der Waals surface area (Å²) < 4.78 is 11.3. The predicted molar refractivity (Wildman–Crippen MR) is 171 cm³/mol. The van der Waals surface area contributed by atoms with Gasteiger partial charge in [-0.3, -0.25) is 19.4 Å². The first-order valence-corrected chi connectivity index (χ1v) is 17.0. The first-order valence-electron chi connectivity index (χ1n) is 17.0. The Morgan fingerprint density at radius 1 is 0.587 bits per heavy atom. The maximum atomic E-state index is 13.4. The lowest BCUT2D eigenvalue weighted by Gasteiger charge is -2.33. The second-order valence-electron chi connectivity index (χ2n) is 13.2. The largest absolute Gasteiger partial charge is 0.445 e. The zero-order valence-electron chi connectivity index (χ0n) is 26.5. The fourth-order valence-electron chi connectivity index (χ4n) is 8.11. The maximum absolute atomic E-state index is 13.4. The summed E-state index contributed by atoms with van der Waals surface area (Å²) in [7, 11) is 0. The molecule has 6 rings (SSSR count). The van der Waals surface area contributed by atoms with E-state index in [-0.39, 0.29) is 62.0 Å². The zero-order valence-corrected chi connectivity index (χ0v) is 26.5. The Kier molecular flexibility index (Phi) is 10.4. The third kappa shape index (κ3) is 7.32. The van der Waals surface area contributed by atoms with Crippen LogP contribution in [0.1, 0.15) is 75.3 Å². The lowest BCUT2D eigenvalue weighted by atomic mass is 9.85. The van der Waals surface area contributed by atoms with Crippen LogP contribution in [0, 0.1) is 11.8 Å². The molecule has 2 saturated carbocycles. The van der Waals surface area contributed by atoms with Crippen molar-refractivity contribution in [2.75, 3.05) is 13.1 Å². The summed E-state index contributed by atoms with van der Waals surface area (Å²) in [5.74, 6) is 0.121. The second kappa shape index (κ2) is 15.0. The molecule has 0 bridgehead atoms. The second-order valence-corrected chi connectivity index (χ2v) is 13.2. The van der Waals surface area contributed by atoms with Crippen molar-refractivity contribution >= 4 is 24.0 Å². The summed E-state index contributed by atoms with van der Waals surface area (Å²) in [5.41, 5.74) is 1.80. The van der Waals surface area contributed by atoms with Gasteiger partial charge in [-0.15, -0.1) is 0 Å². The van der Waals surface area contributed by atoms with Gasteiger partial charge in [-0.05, 0) is 61.5 Å². The van der Waals surface area contributed by atoms with Gasteiger partial charge in [0.1, 0.15) is 25.3 Å². The molecule has 2 aliphatic heterocycles.